The molecule has 0 radical (unpaired) electrons. The van der Waals surface area contributed by atoms with Crippen LogP contribution in [0.1, 0.15) is 12.5 Å². The second-order valence-electron chi connectivity index (χ2n) is 7.30. The van der Waals surface area contributed by atoms with Crippen LogP contribution in [0.15, 0.2) is 59.5 Å². The van der Waals surface area contributed by atoms with Crippen LogP contribution < -0.4 is 4.90 Å². The summed E-state index contributed by atoms with van der Waals surface area (Å²) in [6, 6.07) is 16.3. The van der Waals surface area contributed by atoms with Crippen LogP contribution in [0.2, 0.25) is 0 Å². The Morgan fingerprint density at radius 1 is 0.893 bits per heavy atom. The number of anilines is 1. The van der Waals surface area contributed by atoms with Gasteiger partial charge in [0.05, 0.1) is 10.9 Å². The van der Waals surface area contributed by atoms with Crippen molar-refractivity contribution in [2.45, 2.75) is 24.3 Å². The summed E-state index contributed by atoms with van der Waals surface area (Å²) in [5.74, 6) is 0.0873. The maximum atomic E-state index is 13.1. The molecule has 0 aromatic heterocycles. The van der Waals surface area contributed by atoms with Crippen LogP contribution in [0.4, 0.5) is 5.69 Å². The lowest BCUT2D eigenvalue weighted by Crippen LogP contribution is -2.55. The smallest absolute Gasteiger partial charge is 0.244 e. The summed E-state index contributed by atoms with van der Waals surface area (Å²) in [5, 5.41) is 0. The van der Waals surface area contributed by atoms with Crippen molar-refractivity contribution in [3.8, 4) is 0 Å². The second-order valence-corrected chi connectivity index (χ2v) is 9.24. The molecule has 6 nitrogen and oxygen atoms in total. The van der Waals surface area contributed by atoms with Crippen LogP contribution in [0, 0.1) is 0 Å². The molecular formula is C21H25N3O3S. The van der Waals surface area contributed by atoms with Crippen molar-refractivity contribution in [2.24, 2.45) is 0 Å². The van der Waals surface area contributed by atoms with Crippen LogP contribution >= 0.6 is 0 Å². The van der Waals surface area contributed by atoms with Gasteiger partial charge in [0, 0.05) is 38.4 Å². The van der Waals surface area contributed by atoms with Crippen LogP contribution in [0.5, 0.6) is 0 Å². The minimum Gasteiger partial charge on any atom is -0.310 e. The molecule has 2 heterocycles. The largest absolute Gasteiger partial charge is 0.310 e. The Hall–Kier alpha value is -2.22. The zero-order valence-electron chi connectivity index (χ0n) is 16.0. The molecule has 0 N–H and O–H groups in total. The zero-order chi connectivity index (χ0) is 19.7. The van der Waals surface area contributed by atoms with Gasteiger partial charge in [0.1, 0.15) is 0 Å². The third-order valence-corrected chi connectivity index (χ3v) is 7.63. The molecule has 0 aliphatic carbocycles. The van der Waals surface area contributed by atoms with Gasteiger partial charge in [-0.2, -0.15) is 4.31 Å². The lowest BCUT2D eigenvalue weighted by Gasteiger charge is -2.38. The van der Waals surface area contributed by atoms with Crippen LogP contribution in [0.3, 0.4) is 0 Å². The third-order valence-electron chi connectivity index (χ3n) is 5.71. The first kappa shape index (κ1) is 19.1. The number of hydrogen-bond donors (Lipinski definition) is 0. The van der Waals surface area contributed by atoms with Gasteiger partial charge in [-0.15, -0.1) is 0 Å². The van der Waals surface area contributed by atoms with Crippen molar-refractivity contribution < 1.29 is 13.2 Å². The van der Waals surface area contributed by atoms with Crippen LogP contribution in [0.25, 0.3) is 0 Å². The van der Waals surface area contributed by atoms with Gasteiger partial charge in [0.15, 0.2) is 0 Å². The Balaban J connectivity index is 1.41. The van der Waals surface area contributed by atoms with Crippen molar-refractivity contribution in [1.82, 2.24) is 9.21 Å². The lowest BCUT2D eigenvalue weighted by atomic mass is 10.1. The van der Waals surface area contributed by atoms with Crippen molar-refractivity contribution in [3.05, 3.63) is 60.2 Å². The highest BCUT2D eigenvalue weighted by molar-refractivity contribution is 7.89. The highest BCUT2D eigenvalue weighted by Crippen LogP contribution is 2.28. The van der Waals surface area contributed by atoms with Crippen molar-refractivity contribution in [3.63, 3.8) is 0 Å². The summed E-state index contributed by atoms with van der Waals surface area (Å²) in [6.07, 6.45) is 0.887. The van der Waals surface area contributed by atoms with Gasteiger partial charge >= 0.3 is 0 Å². The molecular weight excluding hydrogens is 374 g/mol. The van der Waals surface area contributed by atoms with E-state index >= 15 is 0 Å². The molecule has 0 bridgehead atoms. The summed E-state index contributed by atoms with van der Waals surface area (Å²) in [4.78, 5) is 17.3. The predicted octanol–water partition coefficient (Wildman–Crippen LogP) is 1.97. The van der Waals surface area contributed by atoms with Gasteiger partial charge in [-0.3, -0.25) is 9.69 Å². The quantitative estimate of drug-likeness (QED) is 0.789. The van der Waals surface area contributed by atoms with E-state index in [1.54, 1.807) is 30.3 Å². The molecule has 1 amide bonds. The van der Waals surface area contributed by atoms with Gasteiger partial charge in [0.2, 0.25) is 15.9 Å². The molecule has 7 heteroatoms. The number of nitrogens with zero attached hydrogens (tertiary/aromatic N) is 3. The molecule has 1 atom stereocenters. The molecule has 0 unspecified atom stereocenters. The number of hydrogen-bond acceptors (Lipinski definition) is 4. The topological polar surface area (TPSA) is 60.9 Å². The normalized spacial score (nSPS) is 19.4. The van der Waals surface area contributed by atoms with E-state index in [1.807, 2.05) is 30.0 Å². The van der Waals surface area contributed by atoms with Gasteiger partial charge in [-0.25, -0.2) is 8.42 Å². The summed E-state index contributed by atoms with van der Waals surface area (Å²) in [5.41, 5.74) is 2.21. The molecule has 4 rings (SSSR count). The number of carbonyl (C=O) groups excluding carboxylic acids is 1. The number of fused-ring (bicyclic) bond motifs is 1. The van der Waals surface area contributed by atoms with E-state index in [2.05, 4.69) is 11.0 Å². The third kappa shape index (κ3) is 3.45. The van der Waals surface area contributed by atoms with Crippen molar-refractivity contribution in [2.75, 3.05) is 37.6 Å². The molecule has 148 valence electrons. The molecule has 2 aliphatic heterocycles. The Morgan fingerprint density at radius 2 is 1.54 bits per heavy atom. The molecule has 2 aromatic rings. The molecule has 0 spiro atoms. The summed E-state index contributed by atoms with van der Waals surface area (Å²) in [6.45, 7) is 4.52. The van der Waals surface area contributed by atoms with Crippen molar-refractivity contribution in [1.29, 1.82) is 0 Å². The van der Waals surface area contributed by atoms with Gasteiger partial charge in [-0.1, -0.05) is 36.4 Å². The average Bonchev–Trinajstić information content (AvgIpc) is 3.17. The average molecular weight is 400 g/mol. The van der Waals surface area contributed by atoms with E-state index in [0.29, 0.717) is 37.6 Å². The molecule has 1 saturated heterocycles. The van der Waals surface area contributed by atoms with E-state index < -0.39 is 10.0 Å². The minimum absolute atomic E-state index is 0.0873. The van der Waals surface area contributed by atoms with Gasteiger partial charge in [-0.05, 0) is 37.1 Å². The van der Waals surface area contributed by atoms with E-state index in [-0.39, 0.29) is 11.9 Å². The first-order chi connectivity index (χ1) is 13.5. The monoisotopic (exact) mass is 399 g/mol. The van der Waals surface area contributed by atoms with Crippen molar-refractivity contribution >= 4 is 21.6 Å². The maximum Gasteiger partial charge on any atom is 0.244 e. The Bertz CT molecular complexity index is 954. The SMILES string of the molecule is C[C@H](C(=O)N1CCc2ccccc21)N1CCN(S(=O)(=O)c2ccccc2)CC1. The van der Waals surface area contributed by atoms with E-state index in [4.69, 9.17) is 0 Å². The second kappa shape index (κ2) is 7.66. The van der Waals surface area contributed by atoms with E-state index in [1.165, 1.54) is 9.87 Å². The molecule has 2 aromatic carbocycles. The summed E-state index contributed by atoms with van der Waals surface area (Å²) in [7, 11) is -3.48. The number of sulfonamides is 1. The fourth-order valence-corrected chi connectivity index (χ4v) is 5.46. The van der Waals surface area contributed by atoms with Gasteiger partial charge in [0.25, 0.3) is 0 Å². The number of rotatable bonds is 4. The number of piperazine rings is 1. The number of carbonyl (C=O) groups is 1. The lowest BCUT2D eigenvalue weighted by molar-refractivity contribution is -0.123. The number of amides is 1. The first-order valence-electron chi connectivity index (χ1n) is 9.67. The predicted molar refractivity (Wildman–Crippen MR) is 109 cm³/mol. The Kier molecular flexibility index (Phi) is 5.23. The molecule has 0 saturated carbocycles. The highest BCUT2D eigenvalue weighted by Gasteiger charge is 2.34. The van der Waals surface area contributed by atoms with Crippen LogP contribution in [-0.2, 0) is 21.2 Å². The first-order valence-corrected chi connectivity index (χ1v) is 11.1. The standard InChI is InChI=1S/C21H25N3O3S/c1-17(21(25)24-12-11-18-7-5-6-10-20(18)24)22-13-15-23(16-14-22)28(26,27)19-8-3-2-4-9-19/h2-10,17H,11-16H2,1H3/t17-/m1/s1. The Labute approximate surface area is 166 Å². The number of para-hydroxylation sites is 1. The fraction of sp³-hybridized carbons (Fsp3) is 0.381. The summed E-state index contributed by atoms with van der Waals surface area (Å²) >= 11 is 0. The van der Waals surface area contributed by atoms with E-state index in [0.717, 1.165) is 12.1 Å². The zero-order valence-corrected chi connectivity index (χ0v) is 16.8. The van der Waals surface area contributed by atoms with Gasteiger partial charge < -0.3 is 4.90 Å². The summed E-state index contributed by atoms with van der Waals surface area (Å²) < 4.78 is 27.1. The highest BCUT2D eigenvalue weighted by atomic mass is 32.2. The fourth-order valence-electron chi connectivity index (χ4n) is 4.02. The minimum atomic E-state index is -3.48. The molecule has 2 aliphatic rings. The van der Waals surface area contributed by atoms with Crippen LogP contribution in [-0.4, -0.2) is 62.3 Å². The Morgan fingerprint density at radius 3 is 2.25 bits per heavy atom. The molecule has 28 heavy (non-hydrogen) atoms. The maximum absolute atomic E-state index is 13.1. The number of benzene rings is 2. The molecule has 1 fully saturated rings. The van der Waals surface area contributed by atoms with E-state index in [9.17, 15) is 13.2 Å².